The summed E-state index contributed by atoms with van der Waals surface area (Å²) < 4.78 is 5.44. The van der Waals surface area contributed by atoms with E-state index in [1.807, 2.05) is 0 Å². The van der Waals surface area contributed by atoms with Crippen molar-refractivity contribution in [1.82, 2.24) is 5.43 Å². The summed E-state index contributed by atoms with van der Waals surface area (Å²) in [6.45, 7) is -0.364. The van der Waals surface area contributed by atoms with E-state index in [-0.39, 0.29) is 33.7 Å². The summed E-state index contributed by atoms with van der Waals surface area (Å²) in [5.41, 5.74) is 2.99. The summed E-state index contributed by atoms with van der Waals surface area (Å²) in [7, 11) is 0. The Morgan fingerprint density at radius 2 is 1.71 bits per heavy atom. The second-order valence-electron chi connectivity index (χ2n) is 6.64. The number of non-ortho nitro benzene ring substituents is 1. The SMILES string of the molecule is O=C(COc1c(Cl)cc(/C=N/NC(=O)c2cccc([N+](=O)[O-])c2)cc1Cl)Nc1ccccc1Cl. The number of nitrogens with one attached hydrogen (secondary N) is 2. The van der Waals surface area contributed by atoms with Crippen LogP contribution in [0.1, 0.15) is 15.9 Å². The molecule has 2 amide bonds. The second kappa shape index (κ2) is 11.5. The predicted molar refractivity (Wildman–Crippen MR) is 130 cm³/mol. The minimum absolute atomic E-state index is 0.0706. The van der Waals surface area contributed by atoms with Gasteiger partial charge in [0, 0.05) is 17.7 Å². The topological polar surface area (TPSA) is 123 Å². The van der Waals surface area contributed by atoms with Gasteiger partial charge in [0.2, 0.25) is 0 Å². The quantitative estimate of drug-likeness (QED) is 0.235. The minimum Gasteiger partial charge on any atom is -0.481 e. The van der Waals surface area contributed by atoms with Gasteiger partial charge in [0.05, 0.1) is 31.9 Å². The molecule has 0 spiro atoms. The summed E-state index contributed by atoms with van der Waals surface area (Å²) in [5.74, 6) is -1.01. The molecular weight excluding hydrogens is 507 g/mol. The maximum atomic E-state index is 12.1. The van der Waals surface area contributed by atoms with Gasteiger partial charge in [0.25, 0.3) is 17.5 Å². The first-order chi connectivity index (χ1) is 16.2. The second-order valence-corrected chi connectivity index (χ2v) is 7.86. The largest absolute Gasteiger partial charge is 0.481 e. The lowest BCUT2D eigenvalue weighted by molar-refractivity contribution is -0.384. The summed E-state index contributed by atoms with van der Waals surface area (Å²) >= 11 is 18.4. The molecule has 0 heterocycles. The fourth-order valence-electron chi connectivity index (χ4n) is 2.67. The van der Waals surface area contributed by atoms with Crippen LogP contribution in [-0.4, -0.2) is 29.6 Å². The van der Waals surface area contributed by atoms with E-state index in [1.165, 1.54) is 36.5 Å². The molecule has 3 rings (SSSR count). The van der Waals surface area contributed by atoms with Crippen molar-refractivity contribution in [3.8, 4) is 5.75 Å². The number of benzene rings is 3. The van der Waals surface area contributed by atoms with Gasteiger partial charge in [-0.05, 0) is 35.9 Å². The van der Waals surface area contributed by atoms with Gasteiger partial charge in [-0.1, -0.05) is 53.0 Å². The Labute approximate surface area is 208 Å². The van der Waals surface area contributed by atoms with Crippen LogP contribution < -0.4 is 15.5 Å². The molecule has 0 unspecified atom stereocenters. The highest BCUT2D eigenvalue weighted by molar-refractivity contribution is 6.37. The number of nitrogens with zero attached hydrogens (tertiary/aromatic N) is 2. The third kappa shape index (κ3) is 6.67. The maximum Gasteiger partial charge on any atom is 0.271 e. The third-order valence-electron chi connectivity index (χ3n) is 4.22. The highest BCUT2D eigenvalue weighted by Crippen LogP contribution is 2.34. The fourth-order valence-corrected chi connectivity index (χ4v) is 3.47. The van der Waals surface area contributed by atoms with Crippen molar-refractivity contribution in [1.29, 1.82) is 0 Å². The van der Waals surface area contributed by atoms with Crippen LogP contribution in [0.25, 0.3) is 0 Å². The lowest BCUT2D eigenvalue weighted by atomic mass is 10.2. The molecule has 0 atom stereocenters. The van der Waals surface area contributed by atoms with E-state index in [9.17, 15) is 19.7 Å². The van der Waals surface area contributed by atoms with Crippen LogP contribution in [0.2, 0.25) is 15.1 Å². The number of hydrazone groups is 1. The van der Waals surface area contributed by atoms with Crippen molar-refractivity contribution in [2.75, 3.05) is 11.9 Å². The molecule has 0 saturated heterocycles. The Morgan fingerprint density at radius 1 is 1.00 bits per heavy atom. The Bertz CT molecular complexity index is 1260. The molecule has 0 aliphatic rings. The minimum atomic E-state index is -0.637. The molecule has 0 bridgehead atoms. The first kappa shape index (κ1) is 25.0. The van der Waals surface area contributed by atoms with E-state index in [1.54, 1.807) is 24.3 Å². The molecule has 0 fully saturated rings. The van der Waals surface area contributed by atoms with Crippen molar-refractivity contribution < 1.29 is 19.2 Å². The van der Waals surface area contributed by atoms with Crippen LogP contribution in [0, 0.1) is 10.1 Å². The van der Waals surface area contributed by atoms with Crippen LogP contribution in [0.5, 0.6) is 5.75 Å². The number of rotatable bonds is 8. The van der Waals surface area contributed by atoms with Crippen molar-refractivity contribution >= 4 is 64.2 Å². The molecule has 0 aliphatic carbocycles. The number of anilines is 1. The number of nitro groups is 1. The van der Waals surface area contributed by atoms with E-state index < -0.39 is 16.7 Å². The molecule has 2 N–H and O–H groups in total. The Hall–Kier alpha value is -3.66. The van der Waals surface area contributed by atoms with E-state index >= 15 is 0 Å². The molecule has 0 radical (unpaired) electrons. The number of carbonyl (C=O) groups excluding carboxylic acids is 2. The summed E-state index contributed by atoms with van der Waals surface area (Å²) in [5, 5.41) is 17.9. The van der Waals surface area contributed by atoms with Gasteiger partial charge < -0.3 is 10.1 Å². The number of hydrogen-bond donors (Lipinski definition) is 2. The normalized spacial score (nSPS) is 10.7. The van der Waals surface area contributed by atoms with E-state index in [0.717, 1.165) is 6.07 Å². The third-order valence-corrected chi connectivity index (χ3v) is 5.11. The van der Waals surface area contributed by atoms with Gasteiger partial charge in [0.15, 0.2) is 12.4 Å². The first-order valence-corrected chi connectivity index (χ1v) is 10.6. The zero-order chi connectivity index (χ0) is 24.7. The monoisotopic (exact) mass is 520 g/mol. The lowest BCUT2D eigenvalue weighted by Crippen LogP contribution is -2.20. The molecule has 12 heteroatoms. The number of halogens is 3. The maximum absolute atomic E-state index is 12.1. The van der Waals surface area contributed by atoms with E-state index in [0.29, 0.717) is 16.3 Å². The molecule has 0 aliphatic heterocycles. The molecule has 34 heavy (non-hydrogen) atoms. The van der Waals surface area contributed by atoms with Gasteiger partial charge in [-0.15, -0.1) is 0 Å². The number of carbonyl (C=O) groups is 2. The van der Waals surface area contributed by atoms with Crippen LogP contribution in [0.15, 0.2) is 65.8 Å². The van der Waals surface area contributed by atoms with Crippen molar-refractivity contribution in [2.24, 2.45) is 5.10 Å². The number of para-hydroxylation sites is 1. The molecule has 3 aromatic carbocycles. The molecule has 9 nitrogen and oxygen atoms in total. The molecule has 174 valence electrons. The van der Waals surface area contributed by atoms with E-state index in [2.05, 4.69) is 15.8 Å². The summed E-state index contributed by atoms with van der Waals surface area (Å²) in [6, 6.07) is 14.9. The van der Waals surface area contributed by atoms with Crippen LogP contribution in [0.4, 0.5) is 11.4 Å². The highest BCUT2D eigenvalue weighted by Gasteiger charge is 2.13. The Balaban J connectivity index is 1.60. The van der Waals surface area contributed by atoms with Crippen molar-refractivity contribution in [3.05, 3.63) is 97.0 Å². The number of hydrogen-bond acceptors (Lipinski definition) is 6. The van der Waals surface area contributed by atoms with Crippen LogP contribution in [0.3, 0.4) is 0 Å². The van der Waals surface area contributed by atoms with Gasteiger partial charge in [-0.25, -0.2) is 5.43 Å². The highest BCUT2D eigenvalue weighted by atomic mass is 35.5. The average molecular weight is 522 g/mol. The van der Waals surface area contributed by atoms with Gasteiger partial charge in [-0.2, -0.15) is 5.10 Å². The first-order valence-electron chi connectivity index (χ1n) is 9.48. The van der Waals surface area contributed by atoms with Gasteiger partial charge in [-0.3, -0.25) is 19.7 Å². The van der Waals surface area contributed by atoms with Crippen molar-refractivity contribution in [2.45, 2.75) is 0 Å². The average Bonchev–Trinajstić information content (AvgIpc) is 2.80. The Kier molecular flexibility index (Phi) is 8.42. The van der Waals surface area contributed by atoms with Gasteiger partial charge in [0.1, 0.15) is 0 Å². The fraction of sp³-hybridized carbons (Fsp3) is 0.0455. The summed E-state index contributed by atoms with van der Waals surface area (Å²) in [6.07, 6.45) is 1.28. The molecule has 0 aromatic heterocycles. The molecule has 0 saturated carbocycles. The number of nitro benzene ring substituents is 1. The zero-order valence-electron chi connectivity index (χ0n) is 17.1. The number of amides is 2. The molecular formula is C22H15Cl3N4O5. The lowest BCUT2D eigenvalue weighted by Gasteiger charge is -2.11. The Morgan fingerprint density at radius 3 is 2.38 bits per heavy atom. The van der Waals surface area contributed by atoms with Crippen molar-refractivity contribution in [3.63, 3.8) is 0 Å². The summed E-state index contributed by atoms with van der Waals surface area (Å²) in [4.78, 5) is 34.5. The standard InChI is InChI=1S/C22H15Cl3N4O5/c23-16-6-1-2-7-19(16)27-20(30)12-34-21-17(24)8-13(9-18(21)25)11-26-28-22(31)14-4-3-5-15(10-14)29(32)33/h1-11H,12H2,(H,27,30)(H,28,31)/b26-11+. The van der Waals surface area contributed by atoms with E-state index in [4.69, 9.17) is 39.5 Å². The molecule has 3 aromatic rings. The zero-order valence-corrected chi connectivity index (χ0v) is 19.4. The predicted octanol–water partition coefficient (Wildman–Crippen LogP) is 5.34. The number of ether oxygens (including phenoxy) is 1. The van der Waals surface area contributed by atoms with Crippen LogP contribution in [-0.2, 0) is 4.79 Å². The van der Waals surface area contributed by atoms with Gasteiger partial charge >= 0.3 is 0 Å². The smallest absolute Gasteiger partial charge is 0.271 e. The van der Waals surface area contributed by atoms with Crippen LogP contribution >= 0.6 is 34.8 Å².